The van der Waals surface area contributed by atoms with Crippen molar-refractivity contribution in [1.82, 2.24) is 14.5 Å². The Hall–Kier alpha value is -2.34. The molecule has 1 N–H and O–H groups in total. The molecular weight excluding hydrogens is 306 g/mol. The van der Waals surface area contributed by atoms with Crippen LogP contribution in [0.2, 0.25) is 0 Å². The smallest absolute Gasteiger partial charge is 0.329 e. The topological polar surface area (TPSA) is 79.1 Å². The zero-order valence-electron chi connectivity index (χ0n) is 14.3. The fraction of sp³-hybridized carbons (Fsp3) is 0.444. The molecule has 24 heavy (non-hydrogen) atoms. The maximum atomic E-state index is 12.7. The van der Waals surface area contributed by atoms with Crippen LogP contribution in [0, 0.1) is 0 Å². The van der Waals surface area contributed by atoms with E-state index in [9.17, 15) is 14.7 Å². The lowest BCUT2D eigenvalue weighted by atomic mass is 9.79. The first-order valence-electron chi connectivity index (χ1n) is 8.12. The van der Waals surface area contributed by atoms with Crippen molar-refractivity contribution in [3.63, 3.8) is 0 Å². The van der Waals surface area contributed by atoms with Gasteiger partial charge in [-0.3, -0.25) is 9.36 Å². The molecule has 6 heteroatoms. The Morgan fingerprint density at radius 2 is 1.54 bits per heavy atom. The Balaban J connectivity index is 2.24. The van der Waals surface area contributed by atoms with Gasteiger partial charge < -0.3 is 15.0 Å². The summed E-state index contributed by atoms with van der Waals surface area (Å²) in [6, 6.07) is 9.98. The van der Waals surface area contributed by atoms with Crippen LogP contribution < -0.4 is 21.7 Å². The molecule has 1 aromatic carbocycles. The van der Waals surface area contributed by atoms with Crippen LogP contribution in [0.25, 0.3) is 0 Å². The fourth-order valence-corrected chi connectivity index (χ4v) is 3.98. The van der Waals surface area contributed by atoms with Gasteiger partial charge in [-0.1, -0.05) is 30.3 Å². The summed E-state index contributed by atoms with van der Waals surface area (Å²) in [7, 11) is 2.84. The molecule has 1 aromatic heterocycles. The molecule has 0 bridgehead atoms. The van der Waals surface area contributed by atoms with Crippen LogP contribution in [0.3, 0.4) is 0 Å². The lowest BCUT2D eigenvalue weighted by Crippen LogP contribution is -2.42. The molecule has 6 nitrogen and oxygen atoms in total. The summed E-state index contributed by atoms with van der Waals surface area (Å²) >= 11 is 0. The summed E-state index contributed by atoms with van der Waals surface area (Å²) in [5, 5.41) is 16.1. The normalized spacial score (nSPS) is 26.7. The average Bonchev–Trinajstić information content (AvgIpc) is 2.86. The number of nitrogens with one attached hydrogen (secondary N) is 1. The second-order valence-corrected chi connectivity index (χ2v) is 6.63. The number of aromatic nitrogens is 2. The lowest BCUT2D eigenvalue weighted by Gasteiger charge is -2.29. The third-order valence-corrected chi connectivity index (χ3v) is 5.15. The molecule has 4 unspecified atom stereocenters. The number of benzene rings is 1. The Kier molecular flexibility index (Phi) is 4.09. The molecule has 0 saturated carbocycles. The van der Waals surface area contributed by atoms with Gasteiger partial charge in [-0.2, -0.15) is 0 Å². The molecule has 4 atom stereocenters. The molecule has 0 aliphatic carbocycles. The first-order valence-corrected chi connectivity index (χ1v) is 8.12. The van der Waals surface area contributed by atoms with Crippen LogP contribution in [0.15, 0.2) is 39.9 Å². The Labute approximate surface area is 140 Å². The third kappa shape index (κ3) is 2.38. The van der Waals surface area contributed by atoms with Gasteiger partial charge in [-0.15, -0.1) is 0 Å². The van der Waals surface area contributed by atoms with E-state index in [1.165, 1.54) is 14.1 Å². The van der Waals surface area contributed by atoms with E-state index in [1.807, 2.05) is 37.3 Å². The van der Waals surface area contributed by atoms with E-state index in [0.29, 0.717) is 0 Å². The van der Waals surface area contributed by atoms with Crippen molar-refractivity contribution in [1.29, 1.82) is 0 Å². The monoisotopic (exact) mass is 328 g/mol. The highest BCUT2D eigenvalue weighted by Gasteiger charge is 2.42. The predicted octanol–water partition coefficient (Wildman–Crippen LogP) is 0.405. The fourth-order valence-electron chi connectivity index (χ4n) is 3.98. The molecule has 3 rings (SSSR count). The highest BCUT2D eigenvalue weighted by molar-refractivity contribution is 5.37. The summed E-state index contributed by atoms with van der Waals surface area (Å²) in [4.78, 5) is 24.7. The van der Waals surface area contributed by atoms with Crippen LogP contribution in [0.1, 0.15) is 36.8 Å². The van der Waals surface area contributed by atoms with Crippen LogP contribution in [0.5, 0.6) is 5.88 Å². The highest BCUT2D eigenvalue weighted by atomic mass is 16.3. The summed E-state index contributed by atoms with van der Waals surface area (Å²) in [5.41, 5.74) is 0.202. The zero-order valence-corrected chi connectivity index (χ0v) is 14.3. The largest absolute Gasteiger partial charge is 0.860 e. The molecule has 1 aliphatic heterocycles. The summed E-state index contributed by atoms with van der Waals surface area (Å²) in [5.74, 6) is -0.767. The van der Waals surface area contributed by atoms with Gasteiger partial charge in [0.05, 0.1) is 0 Å². The van der Waals surface area contributed by atoms with Gasteiger partial charge in [0.25, 0.3) is 5.56 Å². The van der Waals surface area contributed by atoms with Gasteiger partial charge in [-0.25, -0.2) is 4.79 Å². The van der Waals surface area contributed by atoms with E-state index >= 15 is 0 Å². The lowest BCUT2D eigenvalue weighted by molar-refractivity contribution is -0.281. The molecule has 0 amide bonds. The molecule has 1 saturated heterocycles. The molecule has 0 radical (unpaired) electrons. The standard InChI is InChI=1S/C18H23N3O3/c1-10-13(12-8-6-5-7-9-12)14(11(2)19-10)15-16(22)20(3)18(24)21(4)17(15)23/h5-11,13-14,19,22H,1-4H3/p-1. The van der Waals surface area contributed by atoms with Crippen LogP contribution in [0.4, 0.5) is 0 Å². The minimum Gasteiger partial charge on any atom is -0.860 e. The van der Waals surface area contributed by atoms with Crippen molar-refractivity contribution < 1.29 is 5.11 Å². The van der Waals surface area contributed by atoms with E-state index < -0.39 is 17.1 Å². The van der Waals surface area contributed by atoms with Gasteiger partial charge in [0.1, 0.15) is 0 Å². The Morgan fingerprint density at radius 3 is 2.17 bits per heavy atom. The van der Waals surface area contributed by atoms with E-state index in [1.54, 1.807) is 0 Å². The molecule has 2 heterocycles. The summed E-state index contributed by atoms with van der Waals surface area (Å²) in [6.45, 7) is 4.04. The van der Waals surface area contributed by atoms with E-state index in [4.69, 9.17) is 0 Å². The van der Waals surface area contributed by atoms with Gasteiger partial charge in [0, 0.05) is 43.6 Å². The van der Waals surface area contributed by atoms with Crippen LogP contribution in [-0.4, -0.2) is 21.2 Å². The highest BCUT2D eigenvalue weighted by Crippen LogP contribution is 2.43. The maximum absolute atomic E-state index is 12.7. The van der Waals surface area contributed by atoms with E-state index in [0.717, 1.165) is 14.7 Å². The molecular formula is C18H22N3O3-. The Morgan fingerprint density at radius 1 is 0.958 bits per heavy atom. The van der Waals surface area contributed by atoms with E-state index in [-0.39, 0.29) is 29.5 Å². The molecule has 128 valence electrons. The second kappa shape index (κ2) is 5.94. The molecule has 2 aromatic rings. The number of hydrogen-bond donors (Lipinski definition) is 1. The maximum Gasteiger partial charge on any atom is 0.329 e. The van der Waals surface area contributed by atoms with Crippen molar-refractivity contribution in [2.75, 3.05) is 0 Å². The summed E-state index contributed by atoms with van der Waals surface area (Å²) in [6.07, 6.45) is 0. The van der Waals surface area contributed by atoms with Crippen molar-refractivity contribution in [3.8, 4) is 5.88 Å². The van der Waals surface area contributed by atoms with Gasteiger partial charge in [-0.05, 0) is 25.3 Å². The van der Waals surface area contributed by atoms with Crippen LogP contribution >= 0.6 is 0 Å². The predicted molar refractivity (Wildman–Crippen MR) is 90.4 cm³/mol. The molecule has 1 fully saturated rings. The van der Waals surface area contributed by atoms with Crippen molar-refractivity contribution in [2.45, 2.75) is 37.8 Å². The zero-order chi connectivity index (χ0) is 17.6. The minimum atomic E-state index is -0.586. The first-order chi connectivity index (χ1) is 11.3. The van der Waals surface area contributed by atoms with Crippen molar-refractivity contribution in [3.05, 3.63) is 62.3 Å². The van der Waals surface area contributed by atoms with Crippen LogP contribution in [-0.2, 0) is 14.1 Å². The second-order valence-electron chi connectivity index (χ2n) is 6.63. The number of hydrogen-bond acceptors (Lipinski definition) is 4. The average molecular weight is 328 g/mol. The minimum absolute atomic E-state index is 0.000831. The van der Waals surface area contributed by atoms with E-state index in [2.05, 4.69) is 12.2 Å². The SMILES string of the molecule is CC1NC(C)C(c2c([O-])n(C)c(=O)n(C)c2=O)C1c1ccccc1. The Bertz CT molecular complexity index is 870. The number of rotatable bonds is 2. The van der Waals surface area contributed by atoms with Gasteiger partial charge in [0.15, 0.2) is 0 Å². The molecule has 0 spiro atoms. The van der Waals surface area contributed by atoms with Crippen molar-refractivity contribution >= 4 is 0 Å². The third-order valence-electron chi connectivity index (χ3n) is 5.15. The van der Waals surface area contributed by atoms with Gasteiger partial charge in [0.2, 0.25) is 0 Å². The summed E-state index contributed by atoms with van der Waals surface area (Å²) < 4.78 is 2.04. The number of nitrogens with zero attached hydrogens (tertiary/aromatic N) is 2. The molecule has 1 aliphatic rings. The quantitative estimate of drug-likeness (QED) is 0.866. The van der Waals surface area contributed by atoms with Gasteiger partial charge >= 0.3 is 5.69 Å². The van der Waals surface area contributed by atoms with Crippen molar-refractivity contribution in [2.24, 2.45) is 14.1 Å². The first kappa shape index (κ1) is 16.5.